The largest absolute Gasteiger partial charge is 0.417 e. The Kier molecular flexibility index (Phi) is 11.4. The van der Waals surface area contributed by atoms with Gasteiger partial charge >= 0.3 is 6.18 Å². The van der Waals surface area contributed by atoms with Crippen LogP contribution in [-0.2, 0) is 20.5 Å². The number of hydrogen-bond acceptors (Lipinski definition) is 7. The van der Waals surface area contributed by atoms with Crippen molar-refractivity contribution in [3.8, 4) is 11.8 Å². The molecule has 46 heavy (non-hydrogen) atoms. The van der Waals surface area contributed by atoms with Crippen LogP contribution in [0, 0.1) is 11.8 Å². The molecule has 0 bridgehead atoms. The van der Waals surface area contributed by atoms with Gasteiger partial charge in [-0.15, -0.1) is 0 Å². The number of amides is 2. The fraction of sp³-hybridized carbons (Fsp3) is 0.281. The number of anilines is 2. The highest BCUT2D eigenvalue weighted by atomic mass is 35.5. The third-order valence-corrected chi connectivity index (χ3v) is 7.70. The number of rotatable bonds is 9. The Morgan fingerprint density at radius 2 is 1.80 bits per heavy atom. The molecule has 3 aromatic carbocycles. The first-order chi connectivity index (χ1) is 21.8. The predicted molar refractivity (Wildman–Crippen MR) is 171 cm³/mol. The van der Waals surface area contributed by atoms with Crippen LogP contribution in [0.2, 0.25) is 5.02 Å². The second-order valence-corrected chi connectivity index (χ2v) is 12.4. The normalized spacial score (nSPS) is 13.6. The number of nitrogens with one attached hydrogen (secondary N) is 2. The van der Waals surface area contributed by atoms with Gasteiger partial charge in [-0.1, -0.05) is 35.6 Å². The minimum absolute atomic E-state index is 0.0681. The van der Waals surface area contributed by atoms with Crippen molar-refractivity contribution < 1.29 is 35.4 Å². The summed E-state index contributed by atoms with van der Waals surface area (Å²) in [6, 6.07) is 14.7. The molecule has 9 nitrogen and oxygen atoms in total. The van der Waals surface area contributed by atoms with E-state index in [1.165, 1.54) is 6.07 Å². The maximum absolute atomic E-state index is 13.3. The number of benzene rings is 3. The van der Waals surface area contributed by atoms with Crippen LogP contribution in [0.15, 0.2) is 65.8 Å². The maximum Gasteiger partial charge on any atom is 0.417 e. The topological polar surface area (TPSA) is 117 Å². The quantitative estimate of drug-likeness (QED) is 0.0934. The van der Waals surface area contributed by atoms with Gasteiger partial charge in [-0.25, -0.2) is 5.43 Å². The van der Waals surface area contributed by atoms with Crippen molar-refractivity contribution in [1.82, 2.24) is 5.43 Å². The Morgan fingerprint density at radius 3 is 2.52 bits per heavy atom. The molecule has 0 radical (unpaired) electrons. The van der Waals surface area contributed by atoms with E-state index in [4.69, 9.17) is 11.6 Å². The van der Waals surface area contributed by atoms with E-state index >= 15 is 0 Å². The molecule has 0 unspecified atom stereocenters. The van der Waals surface area contributed by atoms with Crippen LogP contribution in [-0.4, -0.2) is 52.4 Å². The summed E-state index contributed by atoms with van der Waals surface area (Å²) >= 11 is 5.68. The smallest absolute Gasteiger partial charge is 0.372 e. The fourth-order valence-electron chi connectivity index (χ4n) is 4.59. The standard InChI is InChI=1S/C32H30ClF3N4O5S/c1-46(43,44)45-17-6-3-8-22-9-7-10-24(18-22)30(41)38-29-14-12-25(40-15-4-2-5-16-40)20-26(29)31(42)39-37-21-23-11-13-28(33)27(19-23)32(34,35)36/h7,9-14,18-21H,2,4-6,15-17H2,1H3,(H,38,41)(H,39,42). The van der Waals surface area contributed by atoms with E-state index in [9.17, 15) is 31.2 Å². The Bertz CT molecular complexity index is 1800. The lowest BCUT2D eigenvalue weighted by Gasteiger charge is -2.29. The first kappa shape index (κ1) is 34.5. The number of hydrogen-bond donors (Lipinski definition) is 2. The second kappa shape index (κ2) is 15.3. The van der Waals surface area contributed by atoms with E-state index in [1.807, 2.05) is 0 Å². The molecule has 3 aromatic rings. The summed E-state index contributed by atoms with van der Waals surface area (Å²) in [5, 5.41) is 6.13. The highest BCUT2D eigenvalue weighted by Gasteiger charge is 2.33. The van der Waals surface area contributed by atoms with E-state index < -0.39 is 38.7 Å². The van der Waals surface area contributed by atoms with Gasteiger partial charge in [-0.3, -0.25) is 13.8 Å². The van der Waals surface area contributed by atoms with Gasteiger partial charge in [0.1, 0.15) is 0 Å². The van der Waals surface area contributed by atoms with Crippen molar-refractivity contribution in [2.24, 2.45) is 5.10 Å². The lowest BCUT2D eigenvalue weighted by Crippen LogP contribution is -2.30. The monoisotopic (exact) mass is 674 g/mol. The molecule has 0 aromatic heterocycles. The SMILES string of the molecule is CS(=O)(=O)OCCC#Cc1cccc(C(=O)Nc2ccc(N3CCCCC3)cc2C(=O)NN=Cc2ccc(Cl)c(C(F)(F)F)c2)c1. The van der Waals surface area contributed by atoms with Gasteiger partial charge in [0, 0.05) is 36.3 Å². The summed E-state index contributed by atoms with van der Waals surface area (Å²) in [4.78, 5) is 28.7. The van der Waals surface area contributed by atoms with Gasteiger partial charge < -0.3 is 10.2 Å². The molecule has 0 atom stereocenters. The van der Waals surface area contributed by atoms with Crippen LogP contribution in [0.25, 0.3) is 0 Å². The van der Waals surface area contributed by atoms with Gasteiger partial charge in [0.05, 0.1) is 40.9 Å². The van der Waals surface area contributed by atoms with E-state index in [0.717, 1.165) is 62.6 Å². The van der Waals surface area contributed by atoms with Crippen molar-refractivity contribution in [3.05, 3.63) is 93.5 Å². The zero-order chi connectivity index (χ0) is 33.3. The third kappa shape index (κ3) is 10.1. The third-order valence-electron chi connectivity index (χ3n) is 6.77. The molecule has 1 aliphatic rings. The number of alkyl halides is 3. The van der Waals surface area contributed by atoms with Crippen molar-refractivity contribution in [3.63, 3.8) is 0 Å². The summed E-state index contributed by atoms with van der Waals surface area (Å²) < 4.78 is 66.5. The molecule has 4 rings (SSSR count). The van der Waals surface area contributed by atoms with Crippen LogP contribution >= 0.6 is 11.6 Å². The van der Waals surface area contributed by atoms with Gasteiger partial charge in [0.2, 0.25) is 0 Å². The van der Waals surface area contributed by atoms with Crippen molar-refractivity contribution in [2.75, 3.05) is 36.2 Å². The minimum atomic E-state index is -4.66. The highest BCUT2D eigenvalue weighted by Crippen LogP contribution is 2.35. The van der Waals surface area contributed by atoms with Crippen LogP contribution in [0.4, 0.5) is 24.5 Å². The van der Waals surface area contributed by atoms with Gasteiger partial charge in [-0.2, -0.15) is 26.7 Å². The van der Waals surface area contributed by atoms with Crippen molar-refractivity contribution in [1.29, 1.82) is 0 Å². The average Bonchev–Trinajstić information content (AvgIpc) is 3.01. The van der Waals surface area contributed by atoms with E-state index in [-0.39, 0.29) is 35.4 Å². The molecule has 1 heterocycles. The molecule has 1 aliphatic heterocycles. The molecule has 2 amide bonds. The molecule has 0 aliphatic carbocycles. The Balaban J connectivity index is 1.53. The lowest BCUT2D eigenvalue weighted by molar-refractivity contribution is -0.137. The maximum atomic E-state index is 13.3. The second-order valence-electron chi connectivity index (χ2n) is 10.3. The lowest BCUT2D eigenvalue weighted by atomic mass is 10.1. The van der Waals surface area contributed by atoms with Crippen LogP contribution in [0.3, 0.4) is 0 Å². The predicted octanol–water partition coefficient (Wildman–Crippen LogP) is 6.08. The average molecular weight is 675 g/mol. The Morgan fingerprint density at radius 1 is 1.04 bits per heavy atom. The summed E-state index contributed by atoms with van der Waals surface area (Å²) in [7, 11) is -3.56. The summed E-state index contributed by atoms with van der Waals surface area (Å²) in [5.74, 6) is 4.44. The van der Waals surface area contributed by atoms with Crippen LogP contribution in [0.5, 0.6) is 0 Å². The Hall–Kier alpha value is -4.38. The molecule has 1 saturated heterocycles. The van der Waals surface area contributed by atoms with Crippen molar-refractivity contribution in [2.45, 2.75) is 31.9 Å². The number of hydrazone groups is 1. The summed E-state index contributed by atoms with van der Waals surface area (Å²) in [6.07, 6.45) is 0.609. The van der Waals surface area contributed by atoms with E-state index in [1.54, 1.807) is 42.5 Å². The molecule has 0 saturated carbocycles. The zero-order valence-corrected chi connectivity index (χ0v) is 26.2. The Labute approximate surface area is 269 Å². The number of nitrogens with zero attached hydrogens (tertiary/aromatic N) is 2. The van der Waals surface area contributed by atoms with E-state index in [0.29, 0.717) is 5.56 Å². The zero-order valence-electron chi connectivity index (χ0n) is 24.7. The van der Waals surface area contributed by atoms with Gasteiger partial charge in [0.15, 0.2) is 0 Å². The fourth-order valence-corrected chi connectivity index (χ4v) is 5.20. The highest BCUT2D eigenvalue weighted by molar-refractivity contribution is 7.85. The first-order valence-corrected chi connectivity index (χ1v) is 16.3. The molecule has 1 fully saturated rings. The molecule has 14 heteroatoms. The number of piperidine rings is 1. The number of halogens is 4. The van der Waals surface area contributed by atoms with Crippen LogP contribution < -0.4 is 15.6 Å². The number of carbonyl (C=O) groups is 2. The molecule has 2 N–H and O–H groups in total. The molecular weight excluding hydrogens is 645 g/mol. The number of carbonyl (C=O) groups excluding carboxylic acids is 2. The first-order valence-electron chi connectivity index (χ1n) is 14.1. The molecule has 0 spiro atoms. The van der Waals surface area contributed by atoms with Gasteiger partial charge in [-0.05, 0) is 73.4 Å². The summed E-state index contributed by atoms with van der Waals surface area (Å²) in [6.45, 7) is 1.51. The van der Waals surface area contributed by atoms with Gasteiger partial charge in [0.25, 0.3) is 21.9 Å². The van der Waals surface area contributed by atoms with E-state index in [2.05, 4.69) is 36.8 Å². The van der Waals surface area contributed by atoms with Crippen molar-refractivity contribution >= 4 is 51.1 Å². The summed E-state index contributed by atoms with van der Waals surface area (Å²) in [5.41, 5.74) is 3.21. The van der Waals surface area contributed by atoms with Crippen LogP contribution in [0.1, 0.15) is 63.1 Å². The minimum Gasteiger partial charge on any atom is -0.372 e. The molecular formula is C32H30ClF3N4O5S. The molecule has 242 valence electrons.